The third kappa shape index (κ3) is 2.10. The monoisotopic (exact) mass is 185 g/mol. The molecule has 0 aliphatic rings. The molecule has 3 heteroatoms. The molecule has 47 valence electrons. The van der Waals surface area contributed by atoms with E-state index >= 15 is 0 Å². The van der Waals surface area contributed by atoms with Crippen molar-refractivity contribution in [1.82, 2.24) is 9.97 Å². The first kappa shape index (κ1) is 6.68. The van der Waals surface area contributed by atoms with E-state index in [0.29, 0.717) is 0 Å². The lowest BCUT2D eigenvalue weighted by Gasteiger charge is -1.90. The molecule has 9 heavy (non-hydrogen) atoms. The highest BCUT2D eigenvalue weighted by Gasteiger charge is 1.88. The predicted molar refractivity (Wildman–Crippen MR) is 39.2 cm³/mol. The molecular formula is C6H6BrN2. The fraction of sp³-hybridized carbons (Fsp3) is 0.167. The molecule has 1 aromatic rings. The molecule has 0 bridgehead atoms. The Labute approximate surface area is 62.5 Å². The summed E-state index contributed by atoms with van der Waals surface area (Å²) in [5.74, 6) is 0. The SMILES string of the molecule is BrC[CH]c1cnccn1. The standard InChI is InChI=1S/C6H6BrN2/c7-2-1-6-5-8-3-4-9-6/h1,3-5H,2H2. The van der Waals surface area contributed by atoms with Gasteiger partial charge in [0.2, 0.25) is 0 Å². The maximum Gasteiger partial charge on any atom is 0.0632 e. The van der Waals surface area contributed by atoms with Crippen molar-refractivity contribution in [3.63, 3.8) is 0 Å². The first-order chi connectivity index (χ1) is 4.43. The van der Waals surface area contributed by atoms with Gasteiger partial charge in [-0.2, -0.15) is 0 Å². The third-order valence-electron chi connectivity index (χ3n) is 0.869. The first-order valence-corrected chi connectivity index (χ1v) is 3.71. The van der Waals surface area contributed by atoms with E-state index in [1.54, 1.807) is 18.6 Å². The van der Waals surface area contributed by atoms with Gasteiger partial charge in [0.1, 0.15) is 0 Å². The van der Waals surface area contributed by atoms with E-state index in [4.69, 9.17) is 0 Å². The number of nitrogens with zero attached hydrogens (tertiary/aromatic N) is 2. The lowest BCUT2D eigenvalue weighted by Crippen LogP contribution is -1.87. The maximum atomic E-state index is 4.02. The highest BCUT2D eigenvalue weighted by Crippen LogP contribution is 1.96. The van der Waals surface area contributed by atoms with Crippen LogP contribution in [-0.4, -0.2) is 15.3 Å². The van der Waals surface area contributed by atoms with Crippen molar-refractivity contribution in [2.75, 3.05) is 5.33 Å². The molecule has 0 amide bonds. The molecule has 0 atom stereocenters. The van der Waals surface area contributed by atoms with E-state index in [9.17, 15) is 0 Å². The molecule has 1 rings (SSSR count). The number of hydrogen-bond donors (Lipinski definition) is 0. The van der Waals surface area contributed by atoms with Crippen LogP contribution in [0.4, 0.5) is 0 Å². The number of aromatic nitrogens is 2. The molecule has 0 unspecified atom stereocenters. The van der Waals surface area contributed by atoms with Gasteiger partial charge in [0.15, 0.2) is 0 Å². The normalized spacial score (nSPS) is 9.44. The summed E-state index contributed by atoms with van der Waals surface area (Å²) in [7, 11) is 0. The van der Waals surface area contributed by atoms with Crippen molar-refractivity contribution >= 4 is 15.9 Å². The molecule has 0 spiro atoms. The largest absolute Gasteiger partial charge is 0.261 e. The van der Waals surface area contributed by atoms with Crippen molar-refractivity contribution in [3.8, 4) is 0 Å². The molecule has 0 aliphatic heterocycles. The van der Waals surface area contributed by atoms with E-state index in [-0.39, 0.29) is 0 Å². The van der Waals surface area contributed by atoms with Gasteiger partial charge in [0.25, 0.3) is 0 Å². The molecule has 1 radical (unpaired) electrons. The van der Waals surface area contributed by atoms with E-state index in [1.165, 1.54) is 0 Å². The average Bonchev–Trinajstić information content (AvgIpc) is 1.91. The van der Waals surface area contributed by atoms with E-state index < -0.39 is 0 Å². The fourth-order valence-electron chi connectivity index (χ4n) is 0.495. The molecule has 0 N–H and O–H groups in total. The van der Waals surface area contributed by atoms with Gasteiger partial charge in [-0.15, -0.1) is 0 Å². The Kier molecular flexibility index (Phi) is 2.64. The van der Waals surface area contributed by atoms with Gasteiger partial charge in [-0.1, -0.05) is 15.9 Å². The maximum absolute atomic E-state index is 4.02. The van der Waals surface area contributed by atoms with Crippen LogP contribution < -0.4 is 0 Å². The topological polar surface area (TPSA) is 25.8 Å². The van der Waals surface area contributed by atoms with Gasteiger partial charge in [0, 0.05) is 30.3 Å². The van der Waals surface area contributed by atoms with Gasteiger partial charge in [-0.25, -0.2) is 0 Å². The third-order valence-corrected chi connectivity index (χ3v) is 1.19. The second kappa shape index (κ2) is 3.56. The number of alkyl halides is 1. The summed E-state index contributed by atoms with van der Waals surface area (Å²) in [6.45, 7) is 0. The van der Waals surface area contributed by atoms with Crippen molar-refractivity contribution in [2.45, 2.75) is 0 Å². The molecule has 1 aromatic heterocycles. The number of halogens is 1. The lowest BCUT2D eigenvalue weighted by atomic mass is 10.4. The molecular weight excluding hydrogens is 180 g/mol. The Morgan fingerprint density at radius 1 is 1.56 bits per heavy atom. The van der Waals surface area contributed by atoms with E-state index in [2.05, 4.69) is 25.9 Å². The van der Waals surface area contributed by atoms with Crippen molar-refractivity contribution < 1.29 is 0 Å². The molecule has 0 fully saturated rings. The van der Waals surface area contributed by atoms with Crippen LogP contribution >= 0.6 is 15.9 Å². The number of hydrogen-bond acceptors (Lipinski definition) is 2. The van der Waals surface area contributed by atoms with Gasteiger partial charge in [-0.05, 0) is 0 Å². The average molecular weight is 186 g/mol. The van der Waals surface area contributed by atoms with Crippen LogP contribution in [-0.2, 0) is 0 Å². The summed E-state index contributed by atoms with van der Waals surface area (Å²) in [6.07, 6.45) is 7.01. The van der Waals surface area contributed by atoms with Gasteiger partial charge < -0.3 is 0 Å². The Morgan fingerprint density at radius 2 is 2.44 bits per heavy atom. The quantitative estimate of drug-likeness (QED) is 0.652. The molecule has 1 heterocycles. The highest BCUT2D eigenvalue weighted by molar-refractivity contribution is 9.09. The second-order valence-corrected chi connectivity index (χ2v) is 2.14. The van der Waals surface area contributed by atoms with Crippen molar-refractivity contribution in [1.29, 1.82) is 0 Å². The molecule has 0 aliphatic carbocycles. The summed E-state index contributed by atoms with van der Waals surface area (Å²) in [4.78, 5) is 7.91. The fourth-order valence-corrected chi connectivity index (χ4v) is 0.827. The zero-order valence-corrected chi connectivity index (χ0v) is 6.37. The molecule has 0 saturated heterocycles. The Balaban J connectivity index is 2.61. The van der Waals surface area contributed by atoms with Crippen LogP contribution in [0.1, 0.15) is 5.69 Å². The zero-order chi connectivity index (χ0) is 6.53. The van der Waals surface area contributed by atoms with Gasteiger partial charge in [-0.3, -0.25) is 9.97 Å². The van der Waals surface area contributed by atoms with Crippen LogP contribution in [0.15, 0.2) is 18.6 Å². The summed E-state index contributed by atoms with van der Waals surface area (Å²) < 4.78 is 0. The minimum Gasteiger partial charge on any atom is -0.261 e. The Bertz CT molecular complexity index is 164. The molecule has 2 nitrogen and oxygen atoms in total. The van der Waals surface area contributed by atoms with E-state index in [0.717, 1.165) is 11.0 Å². The van der Waals surface area contributed by atoms with Crippen molar-refractivity contribution in [2.24, 2.45) is 0 Å². The van der Waals surface area contributed by atoms with Crippen LogP contribution in [0.25, 0.3) is 0 Å². The van der Waals surface area contributed by atoms with Gasteiger partial charge >= 0.3 is 0 Å². The minimum atomic E-state index is 0.825. The molecule has 0 saturated carbocycles. The van der Waals surface area contributed by atoms with Crippen LogP contribution in [0.3, 0.4) is 0 Å². The summed E-state index contributed by atoms with van der Waals surface area (Å²) >= 11 is 3.26. The first-order valence-electron chi connectivity index (χ1n) is 2.58. The Morgan fingerprint density at radius 3 is 3.00 bits per heavy atom. The lowest BCUT2D eigenvalue weighted by molar-refractivity contribution is 1.13. The van der Waals surface area contributed by atoms with E-state index in [1.807, 2.05) is 6.42 Å². The van der Waals surface area contributed by atoms with Crippen LogP contribution in [0, 0.1) is 6.42 Å². The molecule has 0 aromatic carbocycles. The zero-order valence-electron chi connectivity index (χ0n) is 4.79. The number of rotatable bonds is 2. The Hall–Kier alpha value is -0.440. The summed E-state index contributed by atoms with van der Waals surface area (Å²) in [5, 5.41) is 0.825. The summed E-state index contributed by atoms with van der Waals surface area (Å²) in [5.41, 5.74) is 0.911. The minimum absolute atomic E-state index is 0.825. The van der Waals surface area contributed by atoms with Crippen LogP contribution in [0.5, 0.6) is 0 Å². The van der Waals surface area contributed by atoms with Crippen molar-refractivity contribution in [3.05, 3.63) is 30.7 Å². The predicted octanol–water partition coefficient (Wildman–Crippen LogP) is 1.42. The van der Waals surface area contributed by atoms with Gasteiger partial charge in [0.05, 0.1) is 5.69 Å². The van der Waals surface area contributed by atoms with Crippen LogP contribution in [0.2, 0.25) is 0 Å². The second-order valence-electron chi connectivity index (χ2n) is 1.49. The smallest absolute Gasteiger partial charge is 0.0632 e. The summed E-state index contributed by atoms with van der Waals surface area (Å²) in [6, 6.07) is 0. The highest BCUT2D eigenvalue weighted by atomic mass is 79.9.